The highest BCUT2D eigenvalue weighted by atomic mass is 32.2. The van der Waals surface area contributed by atoms with Crippen LogP contribution in [-0.4, -0.2) is 25.7 Å². The molecule has 0 aliphatic heterocycles. The molecule has 0 aliphatic rings. The first-order valence-electron chi connectivity index (χ1n) is 5.80. The van der Waals surface area contributed by atoms with Crippen LogP contribution in [0, 0.1) is 0 Å². The molecule has 0 aromatic heterocycles. The van der Waals surface area contributed by atoms with Crippen molar-refractivity contribution in [3.8, 4) is 0 Å². The highest BCUT2D eigenvalue weighted by Crippen LogP contribution is 2.08. The van der Waals surface area contributed by atoms with Crippen LogP contribution in [0.5, 0.6) is 0 Å². The third kappa shape index (κ3) is 5.44. The lowest BCUT2D eigenvalue weighted by Crippen LogP contribution is -2.39. The van der Waals surface area contributed by atoms with Crippen LogP contribution in [-0.2, 0) is 10.0 Å². The van der Waals surface area contributed by atoms with Crippen molar-refractivity contribution in [3.63, 3.8) is 0 Å². The van der Waals surface area contributed by atoms with Crippen LogP contribution < -0.4 is 4.72 Å². The van der Waals surface area contributed by atoms with Gasteiger partial charge >= 0.3 is 0 Å². The quantitative estimate of drug-likeness (QED) is 0.826. The van der Waals surface area contributed by atoms with Gasteiger partial charge in [-0.05, 0) is 25.0 Å². The Morgan fingerprint density at radius 2 is 1.94 bits per heavy atom. The van der Waals surface area contributed by atoms with Gasteiger partial charge in [-0.3, -0.25) is 0 Å². The molecule has 18 heavy (non-hydrogen) atoms. The summed E-state index contributed by atoms with van der Waals surface area (Å²) in [5, 5.41) is 10.8. The first kappa shape index (κ1) is 14.9. The van der Waals surface area contributed by atoms with E-state index in [0.29, 0.717) is 6.42 Å². The summed E-state index contributed by atoms with van der Waals surface area (Å²) < 4.78 is 25.7. The van der Waals surface area contributed by atoms with Crippen molar-refractivity contribution in [2.75, 3.05) is 6.54 Å². The van der Waals surface area contributed by atoms with Gasteiger partial charge in [0.05, 0.1) is 5.60 Å². The predicted octanol–water partition coefficient (Wildman–Crippen LogP) is 1.74. The molecule has 0 amide bonds. The smallest absolute Gasteiger partial charge is 0.233 e. The minimum Gasteiger partial charge on any atom is -0.389 e. The molecular formula is C13H19NO3S. The van der Waals surface area contributed by atoms with E-state index in [2.05, 4.69) is 4.72 Å². The number of sulfonamides is 1. The van der Waals surface area contributed by atoms with E-state index < -0.39 is 15.6 Å². The Morgan fingerprint density at radius 1 is 1.33 bits per heavy atom. The molecule has 0 radical (unpaired) electrons. The van der Waals surface area contributed by atoms with Crippen LogP contribution in [0.4, 0.5) is 0 Å². The lowest BCUT2D eigenvalue weighted by molar-refractivity contribution is 0.0614. The second-order valence-corrected chi connectivity index (χ2v) is 6.08. The Morgan fingerprint density at radius 3 is 2.50 bits per heavy atom. The monoisotopic (exact) mass is 269 g/mol. The minimum absolute atomic E-state index is 0.00492. The van der Waals surface area contributed by atoms with Crippen molar-refractivity contribution in [3.05, 3.63) is 41.3 Å². The Kier molecular flexibility index (Phi) is 5.07. The van der Waals surface area contributed by atoms with E-state index in [1.54, 1.807) is 13.8 Å². The van der Waals surface area contributed by atoms with Crippen molar-refractivity contribution in [2.24, 2.45) is 0 Å². The molecule has 4 nitrogen and oxygen atoms in total. The number of nitrogens with one attached hydrogen (secondary N) is 1. The number of hydrogen-bond donors (Lipinski definition) is 2. The maximum absolute atomic E-state index is 11.7. The zero-order valence-corrected chi connectivity index (χ0v) is 11.4. The van der Waals surface area contributed by atoms with Gasteiger partial charge in [0.25, 0.3) is 0 Å². The summed E-state index contributed by atoms with van der Waals surface area (Å²) in [6.45, 7) is 3.40. The molecule has 100 valence electrons. The summed E-state index contributed by atoms with van der Waals surface area (Å²) in [7, 11) is -3.51. The second-order valence-electron chi connectivity index (χ2n) is 4.43. The molecule has 0 spiro atoms. The fourth-order valence-corrected chi connectivity index (χ4v) is 2.11. The van der Waals surface area contributed by atoms with Crippen LogP contribution in [0.1, 0.15) is 25.8 Å². The molecule has 0 saturated carbocycles. The number of rotatable bonds is 6. The molecule has 1 rings (SSSR count). The molecule has 0 saturated heterocycles. The molecule has 1 atom stereocenters. The van der Waals surface area contributed by atoms with Gasteiger partial charge in [-0.2, -0.15) is 0 Å². The predicted molar refractivity (Wildman–Crippen MR) is 73.3 cm³/mol. The van der Waals surface area contributed by atoms with Gasteiger partial charge in [-0.15, -0.1) is 0 Å². The molecule has 1 aromatic rings. The molecule has 0 aliphatic carbocycles. The van der Waals surface area contributed by atoms with Crippen molar-refractivity contribution in [1.29, 1.82) is 0 Å². The van der Waals surface area contributed by atoms with E-state index in [0.717, 1.165) is 11.0 Å². The van der Waals surface area contributed by atoms with Gasteiger partial charge in [0.2, 0.25) is 10.0 Å². The highest BCUT2D eigenvalue weighted by Gasteiger charge is 2.19. The summed E-state index contributed by atoms with van der Waals surface area (Å²) in [4.78, 5) is 0. The lowest BCUT2D eigenvalue weighted by Gasteiger charge is -2.20. The molecule has 0 heterocycles. The molecule has 0 fully saturated rings. The molecule has 0 bridgehead atoms. The Labute approximate surface area is 108 Å². The van der Waals surface area contributed by atoms with E-state index >= 15 is 0 Å². The van der Waals surface area contributed by atoms with Crippen molar-refractivity contribution >= 4 is 16.1 Å². The van der Waals surface area contributed by atoms with E-state index in [1.807, 2.05) is 30.3 Å². The van der Waals surface area contributed by atoms with Crippen LogP contribution in [0.3, 0.4) is 0 Å². The highest BCUT2D eigenvalue weighted by molar-refractivity contribution is 7.92. The number of hydrogen-bond acceptors (Lipinski definition) is 3. The van der Waals surface area contributed by atoms with E-state index in [1.165, 1.54) is 6.08 Å². The van der Waals surface area contributed by atoms with Crippen LogP contribution in [0.15, 0.2) is 35.7 Å². The lowest BCUT2D eigenvalue weighted by atomic mass is 10.1. The first-order chi connectivity index (χ1) is 8.35. The van der Waals surface area contributed by atoms with Crippen LogP contribution in [0.2, 0.25) is 0 Å². The van der Waals surface area contributed by atoms with Crippen LogP contribution >= 0.6 is 0 Å². The van der Waals surface area contributed by atoms with E-state index in [4.69, 9.17) is 0 Å². The topological polar surface area (TPSA) is 66.4 Å². The molecule has 1 unspecified atom stereocenters. The summed E-state index contributed by atoms with van der Waals surface area (Å²) in [6, 6.07) is 9.16. The van der Waals surface area contributed by atoms with Gasteiger partial charge < -0.3 is 5.11 Å². The maximum atomic E-state index is 11.7. The Balaban J connectivity index is 2.63. The number of benzene rings is 1. The van der Waals surface area contributed by atoms with Gasteiger partial charge in [0, 0.05) is 12.0 Å². The van der Waals surface area contributed by atoms with Crippen LogP contribution in [0.25, 0.3) is 6.08 Å². The van der Waals surface area contributed by atoms with Crippen molar-refractivity contribution in [2.45, 2.75) is 25.9 Å². The normalized spacial score (nSPS) is 15.7. The maximum Gasteiger partial charge on any atom is 0.233 e. The molecular weight excluding hydrogens is 250 g/mol. The number of aliphatic hydroxyl groups is 1. The third-order valence-electron chi connectivity index (χ3n) is 2.66. The van der Waals surface area contributed by atoms with Crippen molar-refractivity contribution < 1.29 is 13.5 Å². The Hall–Kier alpha value is -1.17. The van der Waals surface area contributed by atoms with Gasteiger partial charge in [-0.1, -0.05) is 37.3 Å². The average Bonchev–Trinajstić information content (AvgIpc) is 2.36. The third-order valence-corrected chi connectivity index (χ3v) is 3.70. The zero-order valence-electron chi connectivity index (χ0n) is 10.6. The standard InChI is InChI=1S/C13H19NO3S/c1-3-13(2,15)11-14-18(16,17)10-9-12-7-5-4-6-8-12/h4-10,14-15H,3,11H2,1-2H3. The van der Waals surface area contributed by atoms with Gasteiger partial charge in [-0.25, -0.2) is 13.1 Å². The zero-order chi connectivity index (χ0) is 13.6. The summed E-state index contributed by atoms with van der Waals surface area (Å²) in [6.07, 6.45) is 2.00. The summed E-state index contributed by atoms with van der Waals surface area (Å²) in [5.41, 5.74) is -0.210. The van der Waals surface area contributed by atoms with E-state index in [-0.39, 0.29) is 6.54 Å². The Bertz CT molecular complexity index is 492. The summed E-state index contributed by atoms with van der Waals surface area (Å²) >= 11 is 0. The van der Waals surface area contributed by atoms with Crippen molar-refractivity contribution in [1.82, 2.24) is 4.72 Å². The summed E-state index contributed by atoms with van der Waals surface area (Å²) in [5.74, 6) is 0. The second kappa shape index (κ2) is 6.13. The molecule has 5 heteroatoms. The van der Waals surface area contributed by atoms with E-state index in [9.17, 15) is 13.5 Å². The molecule has 1 aromatic carbocycles. The molecule has 2 N–H and O–H groups in total. The first-order valence-corrected chi connectivity index (χ1v) is 7.34. The fraction of sp³-hybridized carbons (Fsp3) is 0.385. The SMILES string of the molecule is CCC(C)(O)CNS(=O)(=O)C=Cc1ccccc1. The average molecular weight is 269 g/mol. The largest absolute Gasteiger partial charge is 0.389 e. The fourth-order valence-electron chi connectivity index (χ4n) is 1.16. The minimum atomic E-state index is -3.51. The van der Waals surface area contributed by atoms with Gasteiger partial charge in [0.1, 0.15) is 0 Å². The van der Waals surface area contributed by atoms with Gasteiger partial charge in [0.15, 0.2) is 0 Å².